The van der Waals surface area contributed by atoms with Gasteiger partial charge in [-0.1, -0.05) is 11.3 Å². The van der Waals surface area contributed by atoms with E-state index in [0.717, 1.165) is 3.79 Å². The largest absolute Gasteiger partial charge is 0.413 e. The molecule has 11 heteroatoms. The molecule has 2 aliphatic rings. The molecule has 2 aromatic rings. The molecule has 2 N–H and O–H groups in total. The quantitative estimate of drug-likeness (QED) is 0.642. The molecule has 4 amide bonds. The van der Waals surface area contributed by atoms with Crippen LogP contribution in [0.25, 0.3) is 0 Å². The fourth-order valence-electron chi connectivity index (χ4n) is 3.73. The van der Waals surface area contributed by atoms with Gasteiger partial charge in [0.15, 0.2) is 5.06 Å². The maximum Gasteiger partial charge on any atom is 0.413 e. The maximum atomic E-state index is 12.8. The number of rotatable bonds is 4. The van der Waals surface area contributed by atoms with Crippen molar-refractivity contribution in [2.45, 2.75) is 19.4 Å². The van der Waals surface area contributed by atoms with Crippen molar-refractivity contribution in [2.75, 3.05) is 31.1 Å². The molecule has 3 heterocycles. The van der Waals surface area contributed by atoms with Crippen LogP contribution in [0.3, 0.4) is 0 Å². The van der Waals surface area contributed by atoms with Crippen LogP contribution in [0, 0.1) is 6.92 Å². The van der Waals surface area contributed by atoms with Gasteiger partial charge in [-0.3, -0.25) is 14.4 Å². The summed E-state index contributed by atoms with van der Waals surface area (Å²) in [5.41, 5.74) is 1.86. The molecule has 4 rings (SSSR count). The average molecular weight is 521 g/mol. The number of piperazine rings is 1. The molecule has 0 radical (unpaired) electrons. The Morgan fingerprint density at radius 1 is 1.25 bits per heavy atom. The number of aryl methyl sites for hydroxylation is 1. The standard InChI is InChI=1S/C21H21BrN4O5S/c1-12-8-14(2-3-15(12)20(29)25-7-6-23-17(27)11-25)26-10-13(9-18(26)28)24-21(30)31-19-5-4-16(22)32-19/h2-5,8,13H,6-7,9-11H2,1H3,(H,23,27)(H,24,30). The zero-order chi connectivity index (χ0) is 22.8. The van der Waals surface area contributed by atoms with Crippen LogP contribution in [0.2, 0.25) is 0 Å². The maximum absolute atomic E-state index is 12.8. The second-order valence-electron chi connectivity index (χ2n) is 7.57. The van der Waals surface area contributed by atoms with E-state index in [0.29, 0.717) is 41.5 Å². The number of nitrogens with zero attached hydrogens (tertiary/aromatic N) is 2. The van der Waals surface area contributed by atoms with E-state index in [1.165, 1.54) is 16.2 Å². The average Bonchev–Trinajstić information content (AvgIpc) is 3.32. The zero-order valence-corrected chi connectivity index (χ0v) is 19.6. The SMILES string of the molecule is Cc1cc(N2CC(NC(=O)Oc3ccc(Br)s3)CC2=O)ccc1C(=O)N1CCNC(=O)C1. The van der Waals surface area contributed by atoms with Crippen molar-refractivity contribution in [3.05, 3.63) is 45.2 Å². The number of halogens is 1. The van der Waals surface area contributed by atoms with Crippen LogP contribution < -0.4 is 20.3 Å². The van der Waals surface area contributed by atoms with Gasteiger partial charge in [0, 0.05) is 37.3 Å². The lowest BCUT2D eigenvalue weighted by Crippen LogP contribution is -2.50. The molecule has 0 spiro atoms. The van der Waals surface area contributed by atoms with Crippen LogP contribution in [-0.4, -0.2) is 60.9 Å². The summed E-state index contributed by atoms with van der Waals surface area (Å²) in [7, 11) is 0. The summed E-state index contributed by atoms with van der Waals surface area (Å²) in [6, 6.07) is 8.25. The Labute approximate surface area is 196 Å². The lowest BCUT2D eigenvalue weighted by atomic mass is 10.1. The highest BCUT2D eigenvalue weighted by Gasteiger charge is 2.33. The Kier molecular flexibility index (Phi) is 6.47. The smallest absolute Gasteiger partial charge is 0.399 e. The third kappa shape index (κ3) is 4.94. The summed E-state index contributed by atoms with van der Waals surface area (Å²) in [5, 5.41) is 5.88. The van der Waals surface area contributed by atoms with E-state index in [9.17, 15) is 19.2 Å². The van der Waals surface area contributed by atoms with Crippen LogP contribution >= 0.6 is 27.3 Å². The summed E-state index contributed by atoms with van der Waals surface area (Å²) in [6.45, 7) is 3.04. The second-order valence-corrected chi connectivity index (χ2v) is 10.00. The van der Waals surface area contributed by atoms with Crippen molar-refractivity contribution in [1.29, 1.82) is 0 Å². The molecule has 1 unspecified atom stereocenters. The predicted octanol–water partition coefficient (Wildman–Crippen LogP) is 2.28. The van der Waals surface area contributed by atoms with Gasteiger partial charge in [-0.15, -0.1) is 0 Å². The number of ether oxygens (including phenoxy) is 1. The van der Waals surface area contributed by atoms with E-state index in [1.807, 2.05) is 0 Å². The molecule has 32 heavy (non-hydrogen) atoms. The highest BCUT2D eigenvalue weighted by atomic mass is 79.9. The van der Waals surface area contributed by atoms with Crippen molar-refractivity contribution in [3.63, 3.8) is 0 Å². The van der Waals surface area contributed by atoms with Crippen molar-refractivity contribution in [3.8, 4) is 5.06 Å². The van der Waals surface area contributed by atoms with Gasteiger partial charge < -0.3 is 25.2 Å². The van der Waals surface area contributed by atoms with Crippen molar-refractivity contribution >= 4 is 56.8 Å². The van der Waals surface area contributed by atoms with Gasteiger partial charge in [-0.05, 0) is 58.7 Å². The third-order valence-corrected chi connectivity index (χ3v) is 6.77. The summed E-state index contributed by atoms with van der Waals surface area (Å²) < 4.78 is 6.09. The van der Waals surface area contributed by atoms with E-state index in [4.69, 9.17) is 4.74 Å². The molecule has 0 aliphatic carbocycles. The lowest BCUT2D eigenvalue weighted by Gasteiger charge is -2.27. The van der Waals surface area contributed by atoms with Crippen LogP contribution in [0.15, 0.2) is 34.1 Å². The van der Waals surface area contributed by atoms with E-state index < -0.39 is 6.09 Å². The molecule has 2 aliphatic heterocycles. The van der Waals surface area contributed by atoms with Crippen molar-refractivity contribution in [1.82, 2.24) is 15.5 Å². The van der Waals surface area contributed by atoms with E-state index in [2.05, 4.69) is 26.6 Å². The Balaban J connectivity index is 1.39. The molecule has 1 aromatic carbocycles. The summed E-state index contributed by atoms with van der Waals surface area (Å²) in [5.74, 6) is -0.509. The topological polar surface area (TPSA) is 108 Å². The Morgan fingerprint density at radius 3 is 2.75 bits per heavy atom. The summed E-state index contributed by atoms with van der Waals surface area (Å²) >= 11 is 4.60. The van der Waals surface area contributed by atoms with Crippen molar-refractivity contribution < 1.29 is 23.9 Å². The van der Waals surface area contributed by atoms with Gasteiger partial charge in [0.2, 0.25) is 11.8 Å². The highest BCUT2D eigenvalue weighted by molar-refractivity contribution is 9.11. The first kappa shape index (κ1) is 22.3. The van der Waals surface area contributed by atoms with Gasteiger partial charge in [-0.25, -0.2) is 4.79 Å². The molecule has 1 aromatic heterocycles. The first-order valence-corrected chi connectivity index (χ1v) is 11.6. The number of carbonyl (C=O) groups is 4. The minimum absolute atomic E-state index is 0.0382. The molecule has 168 valence electrons. The van der Waals surface area contributed by atoms with Crippen LogP contribution in [0.4, 0.5) is 10.5 Å². The fourth-order valence-corrected chi connectivity index (χ4v) is 4.92. The van der Waals surface area contributed by atoms with Crippen LogP contribution in [0.5, 0.6) is 5.06 Å². The summed E-state index contributed by atoms with van der Waals surface area (Å²) in [4.78, 5) is 52.2. The number of thiophene rings is 1. The molecule has 0 bridgehead atoms. The van der Waals surface area contributed by atoms with E-state index in [1.54, 1.807) is 42.2 Å². The van der Waals surface area contributed by atoms with E-state index in [-0.39, 0.29) is 36.7 Å². The minimum atomic E-state index is -0.610. The molecular formula is C21H21BrN4O5S. The highest BCUT2D eigenvalue weighted by Crippen LogP contribution is 2.29. The Bertz CT molecular complexity index is 1090. The molecule has 2 fully saturated rings. The number of hydrogen-bond acceptors (Lipinski definition) is 6. The Hall–Kier alpha value is -2.92. The monoisotopic (exact) mass is 520 g/mol. The van der Waals surface area contributed by atoms with Crippen LogP contribution in [-0.2, 0) is 9.59 Å². The number of benzene rings is 1. The molecule has 0 saturated carbocycles. The van der Waals surface area contributed by atoms with Gasteiger partial charge in [0.25, 0.3) is 5.91 Å². The van der Waals surface area contributed by atoms with Gasteiger partial charge in [0.1, 0.15) is 0 Å². The van der Waals surface area contributed by atoms with Gasteiger partial charge >= 0.3 is 6.09 Å². The molecule has 1 atom stereocenters. The van der Waals surface area contributed by atoms with Crippen molar-refractivity contribution in [2.24, 2.45) is 0 Å². The number of hydrogen-bond donors (Lipinski definition) is 2. The van der Waals surface area contributed by atoms with Gasteiger partial charge in [0.05, 0.1) is 16.4 Å². The summed E-state index contributed by atoms with van der Waals surface area (Å²) in [6.07, 6.45) is -0.451. The van der Waals surface area contributed by atoms with E-state index >= 15 is 0 Å². The molecule has 2 saturated heterocycles. The predicted molar refractivity (Wildman–Crippen MR) is 122 cm³/mol. The molecule has 9 nitrogen and oxygen atoms in total. The number of anilines is 1. The van der Waals surface area contributed by atoms with Gasteiger partial charge in [-0.2, -0.15) is 0 Å². The first-order chi connectivity index (χ1) is 15.3. The third-order valence-electron chi connectivity index (χ3n) is 5.27. The minimum Gasteiger partial charge on any atom is -0.399 e. The zero-order valence-electron chi connectivity index (χ0n) is 17.2. The Morgan fingerprint density at radius 2 is 2.06 bits per heavy atom. The first-order valence-electron chi connectivity index (χ1n) is 10.0. The number of nitrogens with one attached hydrogen (secondary N) is 2. The lowest BCUT2D eigenvalue weighted by molar-refractivity contribution is -0.123. The number of amides is 4. The fraction of sp³-hybridized carbons (Fsp3) is 0.333. The second kappa shape index (κ2) is 9.29. The van der Waals surface area contributed by atoms with Crippen LogP contribution in [0.1, 0.15) is 22.3 Å². The molecular weight excluding hydrogens is 500 g/mol. The normalized spacial score (nSPS) is 18.5. The number of carbonyl (C=O) groups excluding carboxylic acids is 4.